The van der Waals surface area contributed by atoms with E-state index in [1.807, 2.05) is 0 Å². The van der Waals surface area contributed by atoms with Gasteiger partial charge < -0.3 is 11.1 Å². The Balaban J connectivity index is 1.45. The zero-order chi connectivity index (χ0) is 17.8. The van der Waals surface area contributed by atoms with Crippen LogP contribution >= 0.6 is 0 Å². The maximum Gasteiger partial charge on any atom is 0.223 e. The fourth-order valence-corrected chi connectivity index (χ4v) is 4.10. The summed E-state index contributed by atoms with van der Waals surface area (Å²) in [6.07, 6.45) is 4.86. The van der Waals surface area contributed by atoms with Gasteiger partial charge in [-0.25, -0.2) is 8.78 Å². The lowest BCUT2D eigenvalue weighted by Crippen LogP contribution is -2.47. The van der Waals surface area contributed by atoms with Crippen molar-refractivity contribution in [2.45, 2.75) is 44.7 Å². The third kappa shape index (κ3) is 4.55. The van der Waals surface area contributed by atoms with E-state index in [1.165, 1.54) is 12.1 Å². The van der Waals surface area contributed by atoms with Crippen molar-refractivity contribution in [2.24, 2.45) is 17.6 Å². The first-order valence-corrected chi connectivity index (χ1v) is 9.23. The predicted molar refractivity (Wildman–Crippen MR) is 92.7 cm³/mol. The first-order chi connectivity index (χ1) is 12.1. The first kappa shape index (κ1) is 18.3. The number of carbonyl (C=O) groups excluding carboxylic acids is 1. The zero-order valence-electron chi connectivity index (χ0n) is 14.5. The molecule has 1 aliphatic heterocycles. The van der Waals surface area contributed by atoms with E-state index in [9.17, 15) is 13.6 Å². The second kappa shape index (κ2) is 8.23. The number of amides is 1. The van der Waals surface area contributed by atoms with Crippen LogP contribution in [0.4, 0.5) is 8.78 Å². The van der Waals surface area contributed by atoms with Gasteiger partial charge in [0.05, 0.1) is 0 Å². The van der Waals surface area contributed by atoms with Crippen LogP contribution in [0.25, 0.3) is 0 Å². The highest BCUT2D eigenvalue weighted by Gasteiger charge is 2.33. The number of nitrogens with zero attached hydrogens (tertiary/aromatic N) is 1. The molecule has 1 saturated heterocycles. The lowest BCUT2D eigenvalue weighted by Gasteiger charge is -2.33. The monoisotopic (exact) mass is 351 g/mol. The normalized spacial score (nSPS) is 25.2. The molecule has 2 aliphatic rings. The summed E-state index contributed by atoms with van der Waals surface area (Å²) in [5.41, 5.74) is 6.55. The van der Waals surface area contributed by atoms with E-state index in [1.54, 1.807) is 6.07 Å². The molecule has 25 heavy (non-hydrogen) atoms. The van der Waals surface area contributed by atoms with Crippen LogP contribution in [0.2, 0.25) is 0 Å². The molecule has 0 aromatic heterocycles. The Labute approximate surface area is 147 Å². The molecule has 0 radical (unpaired) electrons. The lowest BCUT2D eigenvalue weighted by atomic mass is 9.94. The minimum atomic E-state index is -0.812. The SMILES string of the molecule is NC[C@H]1CCC[C@H]1C(=O)NC1CCN(Cc2ccc(F)c(F)c2)CC1. The summed E-state index contributed by atoms with van der Waals surface area (Å²) < 4.78 is 26.3. The van der Waals surface area contributed by atoms with Gasteiger partial charge in [-0.05, 0) is 55.8 Å². The number of likely N-dealkylation sites (tertiary alicyclic amines) is 1. The van der Waals surface area contributed by atoms with Crippen LogP contribution in [0.15, 0.2) is 18.2 Å². The zero-order valence-corrected chi connectivity index (χ0v) is 14.5. The van der Waals surface area contributed by atoms with E-state index < -0.39 is 11.6 Å². The molecule has 6 heteroatoms. The molecular formula is C19H27F2N3O. The summed E-state index contributed by atoms with van der Waals surface area (Å²) in [5.74, 6) is -1.05. The van der Waals surface area contributed by atoms with Gasteiger partial charge in [0.25, 0.3) is 0 Å². The van der Waals surface area contributed by atoms with Crippen molar-refractivity contribution in [3.05, 3.63) is 35.4 Å². The number of halogens is 2. The molecule has 1 saturated carbocycles. The highest BCUT2D eigenvalue weighted by molar-refractivity contribution is 5.79. The van der Waals surface area contributed by atoms with Crippen molar-refractivity contribution in [3.8, 4) is 0 Å². The summed E-state index contributed by atoms with van der Waals surface area (Å²) >= 11 is 0. The van der Waals surface area contributed by atoms with Crippen LogP contribution in [0, 0.1) is 23.5 Å². The third-order valence-electron chi connectivity index (χ3n) is 5.62. The van der Waals surface area contributed by atoms with Gasteiger partial charge >= 0.3 is 0 Å². The average Bonchev–Trinajstić information content (AvgIpc) is 3.09. The molecule has 2 fully saturated rings. The Morgan fingerprint density at radius 3 is 2.60 bits per heavy atom. The minimum absolute atomic E-state index is 0.0743. The van der Waals surface area contributed by atoms with Crippen LogP contribution in [0.1, 0.15) is 37.7 Å². The van der Waals surface area contributed by atoms with Crippen molar-refractivity contribution in [1.82, 2.24) is 10.2 Å². The number of carbonyl (C=O) groups is 1. The van der Waals surface area contributed by atoms with Crippen LogP contribution in [0.3, 0.4) is 0 Å². The number of hydrogen-bond acceptors (Lipinski definition) is 3. The van der Waals surface area contributed by atoms with Crippen molar-refractivity contribution in [2.75, 3.05) is 19.6 Å². The van der Waals surface area contributed by atoms with Gasteiger partial charge in [0.1, 0.15) is 0 Å². The highest BCUT2D eigenvalue weighted by Crippen LogP contribution is 2.31. The summed E-state index contributed by atoms with van der Waals surface area (Å²) in [5, 5.41) is 3.20. The molecule has 1 aliphatic carbocycles. The van der Waals surface area contributed by atoms with Crippen LogP contribution in [0.5, 0.6) is 0 Å². The number of nitrogens with two attached hydrogens (primary N) is 1. The third-order valence-corrected chi connectivity index (χ3v) is 5.62. The van der Waals surface area contributed by atoms with Gasteiger partial charge in [-0.1, -0.05) is 12.5 Å². The molecular weight excluding hydrogens is 324 g/mol. The van der Waals surface area contributed by atoms with Gasteiger partial charge in [-0.15, -0.1) is 0 Å². The molecule has 4 nitrogen and oxygen atoms in total. The van der Waals surface area contributed by atoms with Gasteiger partial charge in [0.2, 0.25) is 5.91 Å². The van der Waals surface area contributed by atoms with Crippen molar-refractivity contribution in [3.63, 3.8) is 0 Å². The minimum Gasteiger partial charge on any atom is -0.353 e. The van der Waals surface area contributed by atoms with Gasteiger partial charge in [-0.3, -0.25) is 9.69 Å². The summed E-state index contributed by atoms with van der Waals surface area (Å²) in [7, 11) is 0. The topological polar surface area (TPSA) is 58.4 Å². The van der Waals surface area contributed by atoms with Gasteiger partial charge in [0.15, 0.2) is 11.6 Å². The van der Waals surface area contributed by atoms with Crippen molar-refractivity contribution >= 4 is 5.91 Å². The molecule has 0 unspecified atom stereocenters. The number of piperidine rings is 1. The fraction of sp³-hybridized carbons (Fsp3) is 0.632. The Hall–Kier alpha value is -1.53. The number of nitrogens with one attached hydrogen (secondary N) is 1. The second-order valence-corrected chi connectivity index (χ2v) is 7.34. The summed E-state index contributed by atoms with van der Waals surface area (Å²) in [4.78, 5) is 14.7. The standard InChI is InChI=1S/C19H27F2N3O/c20-17-5-4-13(10-18(17)21)12-24-8-6-15(7-9-24)23-19(25)16-3-1-2-14(16)11-22/h4-5,10,14-16H,1-3,6-9,11-12,22H2,(H,23,25)/t14-,16-/m1/s1. The quantitative estimate of drug-likeness (QED) is 0.857. The van der Waals surface area contributed by atoms with E-state index in [2.05, 4.69) is 10.2 Å². The molecule has 0 bridgehead atoms. The molecule has 3 N–H and O–H groups in total. The Bertz CT molecular complexity index is 602. The smallest absolute Gasteiger partial charge is 0.223 e. The summed E-state index contributed by atoms with van der Waals surface area (Å²) in [6, 6.07) is 4.26. The molecule has 2 atom stereocenters. The highest BCUT2D eigenvalue weighted by atomic mass is 19.2. The van der Waals surface area contributed by atoms with E-state index in [0.717, 1.165) is 50.8 Å². The number of rotatable bonds is 5. The van der Waals surface area contributed by atoms with Crippen LogP contribution in [-0.2, 0) is 11.3 Å². The Morgan fingerprint density at radius 1 is 1.16 bits per heavy atom. The van der Waals surface area contributed by atoms with E-state index in [4.69, 9.17) is 5.73 Å². The van der Waals surface area contributed by atoms with Crippen molar-refractivity contribution < 1.29 is 13.6 Å². The molecule has 1 aromatic carbocycles. The van der Waals surface area contributed by atoms with E-state index in [-0.39, 0.29) is 17.9 Å². The van der Waals surface area contributed by atoms with E-state index >= 15 is 0 Å². The maximum atomic E-state index is 13.3. The molecule has 0 spiro atoms. The lowest BCUT2D eigenvalue weighted by molar-refractivity contribution is -0.127. The molecule has 138 valence electrons. The van der Waals surface area contributed by atoms with Crippen LogP contribution in [-0.4, -0.2) is 36.5 Å². The molecule has 3 rings (SSSR count). The maximum absolute atomic E-state index is 13.3. The predicted octanol–water partition coefficient (Wildman–Crippen LogP) is 2.42. The van der Waals surface area contributed by atoms with Gasteiger partial charge in [-0.2, -0.15) is 0 Å². The number of hydrogen-bond donors (Lipinski definition) is 2. The van der Waals surface area contributed by atoms with Gasteiger partial charge in [0, 0.05) is 31.6 Å². The number of benzene rings is 1. The Morgan fingerprint density at radius 2 is 1.92 bits per heavy atom. The summed E-state index contributed by atoms with van der Waals surface area (Å²) in [6.45, 7) is 2.88. The Kier molecular flexibility index (Phi) is 6.02. The van der Waals surface area contributed by atoms with Crippen molar-refractivity contribution in [1.29, 1.82) is 0 Å². The second-order valence-electron chi connectivity index (χ2n) is 7.34. The van der Waals surface area contributed by atoms with E-state index in [0.29, 0.717) is 19.0 Å². The molecule has 1 heterocycles. The molecule has 1 aromatic rings. The average molecular weight is 351 g/mol. The van der Waals surface area contributed by atoms with Crippen LogP contribution < -0.4 is 11.1 Å². The fourth-order valence-electron chi connectivity index (χ4n) is 4.10. The first-order valence-electron chi connectivity index (χ1n) is 9.23. The molecule has 1 amide bonds. The largest absolute Gasteiger partial charge is 0.353 e.